The van der Waals surface area contributed by atoms with Gasteiger partial charge in [-0.15, -0.1) is 0 Å². The Hall–Kier alpha value is -0.980. The fourth-order valence-electron chi connectivity index (χ4n) is 4.58. The van der Waals surface area contributed by atoms with Crippen LogP contribution in [0.2, 0.25) is 0 Å². The standard InChI is InChI=1S/C23H44N2O8S/c1-2-3-4-5-6-7-8-9-10-11-12-13-14-15-16-33-34(30,31)24-22-21(28)20(27)19(26)18-17-32-23(29)25(18)22/h18-22,24,26-28H,2-17H2,1H3/t18?,19-,20+,21?,22+/m1/s1. The summed E-state index contributed by atoms with van der Waals surface area (Å²) in [6, 6.07) is -0.954. The fourth-order valence-corrected chi connectivity index (χ4v) is 5.54. The summed E-state index contributed by atoms with van der Waals surface area (Å²) in [5.41, 5.74) is 0. The maximum absolute atomic E-state index is 12.3. The van der Waals surface area contributed by atoms with Gasteiger partial charge in [0.15, 0.2) is 0 Å². The first kappa shape index (κ1) is 29.3. The molecule has 2 fully saturated rings. The number of unbranched alkanes of at least 4 members (excludes halogenated alkanes) is 13. The van der Waals surface area contributed by atoms with Gasteiger partial charge in [-0.05, 0) is 6.42 Å². The third-order valence-electron chi connectivity index (χ3n) is 6.66. The van der Waals surface area contributed by atoms with E-state index in [9.17, 15) is 28.5 Å². The van der Waals surface area contributed by atoms with Crippen molar-refractivity contribution in [1.82, 2.24) is 9.62 Å². The first-order valence-electron chi connectivity index (χ1n) is 12.9. The molecule has 4 N–H and O–H groups in total. The topological polar surface area (TPSA) is 146 Å². The first-order valence-corrected chi connectivity index (χ1v) is 14.3. The number of piperidine rings is 1. The Bertz CT molecular complexity index is 692. The lowest BCUT2D eigenvalue weighted by atomic mass is 9.93. The van der Waals surface area contributed by atoms with Gasteiger partial charge in [0.2, 0.25) is 0 Å². The lowest BCUT2D eigenvalue weighted by molar-refractivity contribution is -0.144. The van der Waals surface area contributed by atoms with Crippen molar-refractivity contribution in [3.05, 3.63) is 0 Å². The third-order valence-corrected chi connectivity index (χ3v) is 7.67. The van der Waals surface area contributed by atoms with E-state index in [0.717, 1.165) is 24.2 Å². The molecular formula is C23H44N2O8S. The molecule has 0 bridgehead atoms. The number of amides is 1. The molecule has 2 rings (SSSR count). The predicted octanol–water partition coefficient (Wildman–Crippen LogP) is 2.56. The molecule has 1 amide bonds. The van der Waals surface area contributed by atoms with Gasteiger partial charge in [0, 0.05) is 0 Å². The van der Waals surface area contributed by atoms with E-state index in [1.807, 2.05) is 0 Å². The van der Waals surface area contributed by atoms with E-state index >= 15 is 0 Å². The van der Waals surface area contributed by atoms with Crippen molar-refractivity contribution < 1.29 is 37.5 Å². The summed E-state index contributed by atoms with van der Waals surface area (Å²) in [6.07, 6.45) is 9.46. The zero-order chi connectivity index (χ0) is 25.0. The van der Waals surface area contributed by atoms with E-state index < -0.39 is 46.9 Å². The molecule has 0 aromatic heterocycles. The molecule has 2 aliphatic heterocycles. The van der Waals surface area contributed by atoms with Crippen LogP contribution in [0.3, 0.4) is 0 Å². The summed E-state index contributed by atoms with van der Waals surface area (Å²) in [5, 5.41) is 30.2. The maximum atomic E-state index is 12.3. The van der Waals surface area contributed by atoms with Crippen LogP contribution in [0, 0.1) is 0 Å². The van der Waals surface area contributed by atoms with Gasteiger partial charge in [-0.1, -0.05) is 90.4 Å². The van der Waals surface area contributed by atoms with Crippen LogP contribution in [0.25, 0.3) is 0 Å². The minimum absolute atomic E-state index is 0.0186. The molecule has 2 heterocycles. The Morgan fingerprint density at radius 3 is 1.88 bits per heavy atom. The number of hydrogen-bond acceptors (Lipinski definition) is 8. The fraction of sp³-hybridized carbons (Fsp3) is 0.957. The molecule has 200 valence electrons. The lowest BCUT2D eigenvalue weighted by Gasteiger charge is -2.43. The van der Waals surface area contributed by atoms with Crippen LogP contribution < -0.4 is 4.72 Å². The molecule has 11 heteroatoms. The Labute approximate surface area is 204 Å². The van der Waals surface area contributed by atoms with Crippen molar-refractivity contribution in [3.8, 4) is 0 Å². The number of carbonyl (C=O) groups is 1. The van der Waals surface area contributed by atoms with Crippen LogP contribution in [-0.2, 0) is 19.2 Å². The van der Waals surface area contributed by atoms with Crippen molar-refractivity contribution in [1.29, 1.82) is 0 Å². The van der Waals surface area contributed by atoms with Crippen molar-refractivity contribution >= 4 is 16.4 Å². The van der Waals surface area contributed by atoms with E-state index in [4.69, 9.17) is 8.92 Å². The number of nitrogens with one attached hydrogen (secondary N) is 1. The van der Waals surface area contributed by atoms with Crippen LogP contribution in [-0.4, -0.2) is 78.5 Å². The molecule has 5 atom stereocenters. The molecule has 0 radical (unpaired) electrons. The van der Waals surface area contributed by atoms with Crippen molar-refractivity contribution in [3.63, 3.8) is 0 Å². The highest BCUT2D eigenvalue weighted by atomic mass is 32.2. The minimum Gasteiger partial charge on any atom is -0.447 e. The van der Waals surface area contributed by atoms with Crippen molar-refractivity contribution in [2.24, 2.45) is 0 Å². The number of fused-ring (bicyclic) bond motifs is 1. The second-order valence-corrected chi connectivity index (χ2v) is 10.8. The van der Waals surface area contributed by atoms with Crippen LogP contribution in [0.4, 0.5) is 4.79 Å². The van der Waals surface area contributed by atoms with Gasteiger partial charge in [0.1, 0.15) is 31.1 Å². The first-order chi connectivity index (χ1) is 16.3. The maximum Gasteiger partial charge on any atom is 0.411 e. The van der Waals surface area contributed by atoms with Crippen molar-refractivity contribution in [2.75, 3.05) is 13.2 Å². The number of hydrogen-bond donors (Lipinski definition) is 4. The number of nitrogens with zero attached hydrogens (tertiary/aromatic N) is 1. The van der Waals surface area contributed by atoms with Gasteiger partial charge in [-0.2, -0.15) is 13.1 Å². The zero-order valence-electron chi connectivity index (χ0n) is 20.4. The van der Waals surface area contributed by atoms with Crippen molar-refractivity contribution in [2.45, 2.75) is 127 Å². The highest BCUT2D eigenvalue weighted by Crippen LogP contribution is 2.29. The Morgan fingerprint density at radius 2 is 1.35 bits per heavy atom. The van der Waals surface area contributed by atoms with Gasteiger partial charge in [0.05, 0.1) is 12.6 Å². The number of ether oxygens (including phenoxy) is 1. The van der Waals surface area contributed by atoms with Gasteiger partial charge in [-0.25, -0.2) is 4.79 Å². The smallest absolute Gasteiger partial charge is 0.411 e. The largest absolute Gasteiger partial charge is 0.447 e. The summed E-state index contributed by atoms with van der Waals surface area (Å²) >= 11 is 0. The number of rotatable bonds is 18. The number of cyclic esters (lactones) is 1. The van der Waals surface area contributed by atoms with Crippen LogP contribution in [0.15, 0.2) is 0 Å². The monoisotopic (exact) mass is 508 g/mol. The molecule has 2 aliphatic rings. The molecule has 0 aromatic rings. The molecule has 0 aliphatic carbocycles. The molecule has 10 nitrogen and oxygen atoms in total. The Balaban J connectivity index is 1.54. The lowest BCUT2D eigenvalue weighted by Crippen LogP contribution is -2.70. The molecule has 2 saturated heterocycles. The van der Waals surface area contributed by atoms with Crippen LogP contribution >= 0.6 is 0 Å². The summed E-state index contributed by atoms with van der Waals surface area (Å²) in [7, 11) is -4.29. The number of aliphatic hydroxyl groups is 3. The normalized spacial score (nSPS) is 27.1. The molecule has 34 heavy (non-hydrogen) atoms. The zero-order valence-corrected chi connectivity index (χ0v) is 21.3. The molecular weight excluding hydrogens is 464 g/mol. The summed E-state index contributed by atoms with van der Waals surface area (Å²) in [4.78, 5) is 12.8. The predicted molar refractivity (Wildman–Crippen MR) is 127 cm³/mol. The van der Waals surface area contributed by atoms with Gasteiger partial charge < -0.3 is 20.1 Å². The van der Waals surface area contributed by atoms with E-state index in [1.165, 1.54) is 64.2 Å². The van der Waals surface area contributed by atoms with Gasteiger partial charge in [-0.3, -0.25) is 9.08 Å². The molecule has 0 spiro atoms. The highest BCUT2D eigenvalue weighted by molar-refractivity contribution is 7.84. The van der Waals surface area contributed by atoms with E-state index in [1.54, 1.807) is 0 Å². The van der Waals surface area contributed by atoms with Crippen LogP contribution in [0.5, 0.6) is 0 Å². The Morgan fingerprint density at radius 1 is 0.853 bits per heavy atom. The third kappa shape index (κ3) is 9.23. The second kappa shape index (κ2) is 15.2. The summed E-state index contributed by atoms with van der Waals surface area (Å²) in [6.45, 7) is 2.01. The minimum atomic E-state index is -4.29. The molecule has 0 saturated carbocycles. The van der Waals surface area contributed by atoms with Crippen LogP contribution in [0.1, 0.15) is 96.8 Å². The SMILES string of the molecule is CCCCCCCCCCCCCCCCOS(=O)(=O)N[C@@H]1C(O)[C@@H](O)[C@H](O)C2COC(=O)N21. The van der Waals surface area contributed by atoms with E-state index in [2.05, 4.69) is 11.6 Å². The van der Waals surface area contributed by atoms with Gasteiger partial charge in [0.25, 0.3) is 0 Å². The number of carbonyl (C=O) groups excluding carboxylic acids is 1. The molecule has 0 aromatic carbocycles. The highest BCUT2D eigenvalue weighted by Gasteiger charge is 2.54. The summed E-state index contributed by atoms with van der Waals surface area (Å²) in [5.74, 6) is 0. The van der Waals surface area contributed by atoms with E-state index in [0.29, 0.717) is 6.42 Å². The average molecular weight is 509 g/mol. The summed E-state index contributed by atoms with van der Waals surface area (Å²) < 4.78 is 36.5. The average Bonchev–Trinajstić information content (AvgIpc) is 3.19. The Kier molecular flexibility index (Phi) is 13.1. The molecule has 2 unspecified atom stereocenters. The number of aliphatic hydroxyl groups excluding tert-OH is 3. The van der Waals surface area contributed by atoms with Gasteiger partial charge >= 0.3 is 16.4 Å². The second-order valence-electron chi connectivity index (χ2n) is 9.46. The quantitative estimate of drug-likeness (QED) is 0.207. The van der Waals surface area contributed by atoms with E-state index in [-0.39, 0.29) is 13.2 Å².